The molecule has 2 heterocycles. The van der Waals surface area contributed by atoms with E-state index in [9.17, 15) is 18.0 Å². The number of alkyl halides is 3. The van der Waals surface area contributed by atoms with Crippen molar-refractivity contribution < 1.29 is 27.4 Å². The van der Waals surface area contributed by atoms with Crippen molar-refractivity contribution in [2.75, 3.05) is 25.0 Å². The predicted molar refractivity (Wildman–Crippen MR) is 103 cm³/mol. The Bertz CT molecular complexity index is 882. The molecule has 162 valence electrons. The van der Waals surface area contributed by atoms with Crippen LogP contribution in [-0.4, -0.2) is 46.3 Å². The van der Waals surface area contributed by atoms with Crippen molar-refractivity contribution in [3.8, 4) is 0 Å². The lowest BCUT2D eigenvalue weighted by atomic mass is 10.1. The summed E-state index contributed by atoms with van der Waals surface area (Å²) in [5.41, 5.74) is 0.823. The number of aromatic nitrogens is 2. The lowest BCUT2D eigenvalue weighted by Gasteiger charge is -2.34. The summed E-state index contributed by atoms with van der Waals surface area (Å²) in [6, 6.07) is 8.35. The average Bonchev–Trinajstić information content (AvgIpc) is 2.67. The predicted octanol–water partition coefficient (Wildman–Crippen LogP) is 4.55. The zero-order valence-corrected chi connectivity index (χ0v) is 16.9. The number of halogens is 3. The van der Waals surface area contributed by atoms with Gasteiger partial charge in [0.15, 0.2) is 0 Å². The van der Waals surface area contributed by atoms with Crippen molar-refractivity contribution in [3.05, 3.63) is 47.9 Å². The fraction of sp³-hybridized carbons (Fsp3) is 0.450. The van der Waals surface area contributed by atoms with Crippen molar-refractivity contribution in [3.63, 3.8) is 0 Å². The zero-order chi connectivity index (χ0) is 21.9. The van der Waals surface area contributed by atoms with Crippen LogP contribution in [0.3, 0.4) is 0 Å². The minimum absolute atomic E-state index is 0.0371. The van der Waals surface area contributed by atoms with Crippen LogP contribution in [0, 0.1) is 0 Å². The van der Waals surface area contributed by atoms with Gasteiger partial charge in [-0.2, -0.15) is 13.2 Å². The van der Waals surface area contributed by atoms with Gasteiger partial charge in [0.05, 0.1) is 13.2 Å². The van der Waals surface area contributed by atoms with E-state index in [1.165, 1.54) is 6.07 Å². The minimum Gasteiger partial charge on any atom is -0.444 e. The van der Waals surface area contributed by atoms with Crippen molar-refractivity contribution in [1.29, 1.82) is 0 Å². The highest BCUT2D eigenvalue weighted by Crippen LogP contribution is 2.28. The molecule has 1 aromatic carbocycles. The van der Waals surface area contributed by atoms with E-state index < -0.39 is 23.7 Å². The molecule has 1 saturated heterocycles. The summed E-state index contributed by atoms with van der Waals surface area (Å²) in [4.78, 5) is 20.6. The van der Waals surface area contributed by atoms with Crippen LogP contribution in [-0.2, 0) is 15.7 Å². The van der Waals surface area contributed by atoms with Crippen LogP contribution in [0.4, 0.5) is 29.5 Å². The fourth-order valence-corrected chi connectivity index (χ4v) is 2.84. The quantitative estimate of drug-likeness (QED) is 0.779. The van der Waals surface area contributed by atoms with Crippen molar-refractivity contribution >= 4 is 17.6 Å². The Morgan fingerprint density at radius 1 is 1.20 bits per heavy atom. The second kappa shape index (κ2) is 8.47. The van der Waals surface area contributed by atoms with E-state index in [0.717, 1.165) is 11.8 Å². The number of hydrogen-bond donors (Lipinski definition) is 1. The topological polar surface area (TPSA) is 76.6 Å². The number of nitrogens with zero attached hydrogens (tertiary/aromatic N) is 3. The summed E-state index contributed by atoms with van der Waals surface area (Å²) in [5.74, 6) is -1.17. The molecule has 1 fully saturated rings. The van der Waals surface area contributed by atoms with Crippen molar-refractivity contribution in [1.82, 2.24) is 14.9 Å². The number of ether oxygens (including phenoxy) is 2. The normalized spacial score (nSPS) is 17.5. The van der Waals surface area contributed by atoms with Crippen LogP contribution >= 0.6 is 0 Å². The number of amides is 1. The van der Waals surface area contributed by atoms with Gasteiger partial charge in [0.2, 0.25) is 5.82 Å². The summed E-state index contributed by atoms with van der Waals surface area (Å²) in [5, 5.41) is 2.82. The summed E-state index contributed by atoms with van der Waals surface area (Å²) >= 11 is 0. The lowest BCUT2D eigenvalue weighted by Crippen LogP contribution is -2.44. The molecule has 3 rings (SSSR count). The van der Waals surface area contributed by atoms with Crippen molar-refractivity contribution in [2.45, 2.75) is 38.7 Å². The largest absolute Gasteiger partial charge is 0.451 e. The number of morpholine rings is 1. The highest BCUT2D eigenvalue weighted by Gasteiger charge is 2.34. The highest BCUT2D eigenvalue weighted by molar-refractivity contribution is 5.68. The molecular formula is C20H23F3N4O3. The first-order chi connectivity index (χ1) is 14.0. The van der Waals surface area contributed by atoms with Gasteiger partial charge < -0.3 is 19.7 Å². The van der Waals surface area contributed by atoms with Gasteiger partial charge in [0.1, 0.15) is 17.5 Å². The van der Waals surface area contributed by atoms with Crippen molar-refractivity contribution in [2.24, 2.45) is 0 Å². The number of carbonyl (C=O) groups is 1. The van der Waals surface area contributed by atoms with E-state index in [2.05, 4.69) is 15.3 Å². The van der Waals surface area contributed by atoms with Gasteiger partial charge in [-0.15, -0.1) is 0 Å². The Morgan fingerprint density at radius 2 is 1.90 bits per heavy atom. The molecule has 1 aliphatic heterocycles. The Balaban J connectivity index is 1.65. The van der Waals surface area contributed by atoms with Gasteiger partial charge in [-0.3, -0.25) is 0 Å². The third kappa shape index (κ3) is 5.82. The van der Waals surface area contributed by atoms with Crippen LogP contribution in [0.5, 0.6) is 0 Å². The summed E-state index contributed by atoms with van der Waals surface area (Å²) in [6.45, 7) is 6.60. The molecule has 1 atom stereocenters. The molecule has 30 heavy (non-hydrogen) atoms. The van der Waals surface area contributed by atoms with Crippen LogP contribution in [0.2, 0.25) is 0 Å². The molecule has 1 aromatic heterocycles. The summed E-state index contributed by atoms with van der Waals surface area (Å²) in [7, 11) is 0. The van der Waals surface area contributed by atoms with E-state index in [0.29, 0.717) is 25.4 Å². The number of nitrogens with one attached hydrogen (secondary N) is 1. The van der Waals surface area contributed by atoms with E-state index in [4.69, 9.17) is 9.47 Å². The Kier molecular flexibility index (Phi) is 6.16. The zero-order valence-electron chi connectivity index (χ0n) is 16.9. The van der Waals surface area contributed by atoms with Gasteiger partial charge in [-0.25, -0.2) is 14.8 Å². The first kappa shape index (κ1) is 21.8. The molecule has 1 aliphatic rings. The second-order valence-electron chi connectivity index (χ2n) is 7.80. The average molecular weight is 424 g/mol. The molecule has 0 unspecified atom stereocenters. The van der Waals surface area contributed by atoms with Gasteiger partial charge >= 0.3 is 12.3 Å². The molecule has 0 aliphatic carbocycles. The molecule has 0 radical (unpaired) electrons. The molecule has 2 aromatic rings. The maximum Gasteiger partial charge on any atom is 0.451 e. The number of benzene rings is 1. The van der Waals surface area contributed by atoms with E-state index in [1.807, 2.05) is 20.8 Å². The molecule has 1 N–H and O–H groups in total. The number of carbonyl (C=O) groups excluding carboxylic acids is 1. The summed E-state index contributed by atoms with van der Waals surface area (Å²) in [6.07, 6.45) is -4.28. The molecule has 1 amide bonds. The number of anilines is 2. The SMILES string of the molecule is CC(C)(C)OC(=O)N1CCO[C@H](c2ccc(Nc3ccnc(C(F)(F)F)n3)cc2)C1. The maximum atomic E-state index is 12.7. The summed E-state index contributed by atoms with van der Waals surface area (Å²) < 4.78 is 49.4. The molecule has 10 heteroatoms. The van der Waals surface area contributed by atoms with Gasteiger partial charge in [0, 0.05) is 18.4 Å². The number of rotatable bonds is 3. The fourth-order valence-electron chi connectivity index (χ4n) is 2.84. The molecule has 0 bridgehead atoms. The van der Waals surface area contributed by atoms with Gasteiger partial charge in [-0.05, 0) is 44.5 Å². The van der Waals surface area contributed by atoms with Crippen LogP contribution in [0.15, 0.2) is 36.5 Å². The Hall–Kier alpha value is -2.88. The Morgan fingerprint density at radius 3 is 2.53 bits per heavy atom. The lowest BCUT2D eigenvalue weighted by molar-refractivity contribution is -0.144. The van der Waals surface area contributed by atoms with Crippen LogP contribution < -0.4 is 5.32 Å². The van der Waals surface area contributed by atoms with Gasteiger partial charge in [0.25, 0.3) is 0 Å². The monoisotopic (exact) mass is 424 g/mol. The smallest absolute Gasteiger partial charge is 0.444 e. The second-order valence-corrected chi connectivity index (χ2v) is 7.80. The minimum atomic E-state index is -4.61. The first-order valence-corrected chi connectivity index (χ1v) is 9.38. The van der Waals surface area contributed by atoms with E-state index >= 15 is 0 Å². The first-order valence-electron chi connectivity index (χ1n) is 9.38. The molecule has 0 saturated carbocycles. The van der Waals surface area contributed by atoms with Gasteiger partial charge in [-0.1, -0.05) is 12.1 Å². The standard InChI is InChI=1S/C20H23F3N4O3/c1-19(2,3)30-18(28)27-10-11-29-15(12-27)13-4-6-14(7-5-13)25-16-8-9-24-17(26-16)20(21,22)23/h4-9,15H,10-12H2,1-3H3,(H,24,25,26)/t15-/m0/s1. The maximum absolute atomic E-state index is 12.7. The number of hydrogen-bond acceptors (Lipinski definition) is 6. The molecular weight excluding hydrogens is 401 g/mol. The van der Waals surface area contributed by atoms with E-state index in [-0.39, 0.29) is 11.9 Å². The molecule has 7 nitrogen and oxygen atoms in total. The van der Waals surface area contributed by atoms with Crippen LogP contribution in [0.1, 0.15) is 38.3 Å². The van der Waals surface area contributed by atoms with E-state index in [1.54, 1.807) is 29.2 Å². The van der Waals surface area contributed by atoms with Crippen LogP contribution in [0.25, 0.3) is 0 Å². The third-order valence-corrected chi connectivity index (χ3v) is 4.18. The Labute approximate surface area is 172 Å². The third-order valence-electron chi connectivity index (χ3n) is 4.18. The molecule has 0 spiro atoms. The highest BCUT2D eigenvalue weighted by atomic mass is 19.4.